The predicted molar refractivity (Wildman–Crippen MR) is 101 cm³/mol. The molecule has 30 heavy (non-hydrogen) atoms. The van der Waals surface area contributed by atoms with Crippen molar-refractivity contribution in [3.8, 4) is 5.75 Å². The van der Waals surface area contributed by atoms with Crippen LogP contribution in [0.15, 0.2) is 29.2 Å². The normalized spacial score (nSPS) is 21.8. The quantitative estimate of drug-likeness (QED) is 0.796. The van der Waals surface area contributed by atoms with Crippen LogP contribution in [0.2, 0.25) is 0 Å². The van der Waals surface area contributed by atoms with Gasteiger partial charge < -0.3 is 19.7 Å². The van der Waals surface area contributed by atoms with Gasteiger partial charge >= 0.3 is 0 Å². The number of hydrogen-bond acceptors (Lipinski definition) is 5. The van der Waals surface area contributed by atoms with Gasteiger partial charge in [0.25, 0.3) is 5.91 Å². The van der Waals surface area contributed by atoms with E-state index in [2.05, 4.69) is 5.32 Å². The van der Waals surface area contributed by atoms with Crippen LogP contribution in [0.4, 0.5) is 8.78 Å². The smallest absolute Gasteiger partial charge is 0.257 e. The molecule has 1 aromatic heterocycles. The molecule has 2 aliphatic rings. The van der Waals surface area contributed by atoms with Gasteiger partial charge in [-0.2, -0.15) is 0 Å². The number of Topliss-reactive ketones (excluding diaryl/α,β-unsaturated/α-hetero) is 1. The molecule has 1 aromatic carbocycles. The highest BCUT2D eigenvalue weighted by molar-refractivity contribution is 6.03. The fraction of sp³-hybridized carbons (Fsp3) is 0.381. The Balaban J connectivity index is 1.70. The summed E-state index contributed by atoms with van der Waals surface area (Å²) in [4.78, 5) is 38.2. The van der Waals surface area contributed by atoms with Crippen molar-refractivity contribution in [2.24, 2.45) is 11.3 Å². The van der Waals surface area contributed by atoms with Crippen LogP contribution in [-0.2, 0) is 11.3 Å². The second-order valence-electron chi connectivity index (χ2n) is 8.16. The Morgan fingerprint density at radius 1 is 1.30 bits per heavy atom. The number of benzene rings is 1. The highest BCUT2D eigenvalue weighted by Gasteiger charge is 2.51. The summed E-state index contributed by atoms with van der Waals surface area (Å²) in [6.07, 6.45) is 1.24. The van der Waals surface area contributed by atoms with E-state index in [0.29, 0.717) is 12.7 Å². The van der Waals surface area contributed by atoms with E-state index >= 15 is 0 Å². The third kappa shape index (κ3) is 3.00. The van der Waals surface area contributed by atoms with E-state index in [0.717, 1.165) is 6.07 Å². The number of hydrogen-bond donors (Lipinski definition) is 2. The molecule has 0 spiro atoms. The van der Waals surface area contributed by atoms with Gasteiger partial charge in [-0.05, 0) is 6.07 Å². The molecule has 0 unspecified atom stereocenters. The minimum Gasteiger partial charge on any atom is -0.503 e. The molecule has 3 heterocycles. The minimum absolute atomic E-state index is 0.0354. The minimum atomic E-state index is -0.986. The van der Waals surface area contributed by atoms with Gasteiger partial charge in [0.2, 0.25) is 5.43 Å². The van der Waals surface area contributed by atoms with Crippen LogP contribution in [0.3, 0.4) is 0 Å². The standard InChI is InChI=1S/C21H20F2N2O5/c1-21(2)13-8-30-9-15(13)25-7-12(17(26)18(27)16(25)19(21)28)20(29)24-6-10-3-4-11(22)5-14(10)23/h3-5,7,13,15,27H,6,8-9H2,1-2H3,(H,24,29)/t13-,15+/m0/s1. The Hall–Kier alpha value is -3.07. The highest BCUT2D eigenvalue weighted by atomic mass is 19.1. The summed E-state index contributed by atoms with van der Waals surface area (Å²) in [7, 11) is 0. The third-order valence-corrected chi connectivity index (χ3v) is 6.04. The number of rotatable bonds is 3. The van der Waals surface area contributed by atoms with E-state index in [1.54, 1.807) is 13.8 Å². The topological polar surface area (TPSA) is 97.6 Å². The Bertz CT molecular complexity index is 1130. The number of aromatic nitrogens is 1. The first-order valence-corrected chi connectivity index (χ1v) is 9.45. The van der Waals surface area contributed by atoms with E-state index in [1.165, 1.54) is 16.8 Å². The van der Waals surface area contributed by atoms with Gasteiger partial charge in [0.1, 0.15) is 22.9 Å². The lowest BCUT2D eigenvalue weighted by atomic mass is 9.69. The molecule has 1 saturated heterocycles. The molecule has 0 aliphatic carbocycles. The number of ketones is 1. The zero-order chi connectivity index (χ0) is 21.8. The molecule has 4 rings (SSSR count). The number of fused-ring (bicyclic) bond motifs is 3. The van der Waals surface area contributed by atoms with Crippen molar-refractivity contribution in [1.82, 2.24) is 9.88 Å². The molecule has 7 nitrogen and oxygen atoms in total. The van der Waals surface area contributed by atoms with Crippen molar-refractivity contribution in [2.45, 2.75) is 26.4 Å². The summed E-state index contributed by atoms with van der Waals surface area (Å²) < 4.78 is 33.8. The second-order valence-corrected chi connectivity index (χ2v) is 8.16. The number of amides is 1. The first kappa shape index (κ1) is 20.2. The average Bonchev–Trinajstić information content (AvgIpc) is 3.18. The number of halogens is 2. The molecule has 1 amide bonds. The summed E-state index contributed by atoms with van der Waals surface area (Å²) in [5.74, 6) is -3.80. The van der Waals surface area contributed by atoms with Gasteiger partial charge in [0, 0.05) is 35.7 Å². The molecule has 9 heteroatoms. The molecular formula is C21H20F2N2O5. The van der Waals surface area contributed by atoms with Crippen molar-refractivity contribution >= 4 is 11.7 Å². The van der Waals surface area contributed by atoms with Crippen LogP contribution in [-0.4, -0.2) is 34.6 Å². The highest BCUT2D eigenvalue weighted by Crippen LogP contribution is 2.47. The van der Waals surface area contributed by atoms with Crippen molar-refractivity contribution in [1.29, 1.82) is 0 Å². The number of carbonyl (C=O) groups excluding carboxylic acids is 2. The molecule has 158 valence electrons. The van der Waals surface area contributed by atoms with Gasteiger partial charge in [-0.15, -0.1) is 0 Å². The van der Waals surface area contributed by atoms with Crippen molar-refractivity contribution < 1.29 is 28.2 Å². The van der Waals surface area contributed by atoms with Crippen LogP contribution in [0.5, 0.6) is 5.75 Å². The zero-order valence-electron chi connectivity index (χ0n) is 16.4. The number of nitrogens with one attached hydrogen (secondary N) is 1. The van der Waals surface area contributed by atoms with Crippen molar-refractivity contribution in [3.05, 3.63) is 63.1 Å². The molecule has 0 radical (unpaired) electrons. The summed E-state index contributed by atoms with van der Waals surface area (Å²) in [5.41, 5.74) is -2.31. The Kier molecular flexibility index (Phi) is 4.73. The van der Waals surface area contributed by atoms with Crippen molar-refractivity contribution in [2.75, 3.05) is 13.2 Å². The van der Waals surface area contributed by atoms with Crippen LogP contribution in [0.25, 0.3) is 0 Å². The van der Waals surface area contributed by atoms with Gasteiger partial charge in [0.15, 0.2) is 11.5 Å². The first-order valence-electron chi connectivity index (χ1n) is 9.45. The zero-order valence-corrected chi connectivity index (χ0v) is 16.4. The lowest BCUT2D eigenvalue weighted by molar-refractivity contribution is 0.0606. The van der Waals surface area contributed by atoms with E-state index in [1.807, 2.05) is 0 Å². The second kappa shape index (κ2) is 7.02. The molecule has 0 saturated carbocycles. The summed E-state index contributed by atoms with van der Waals surface area (Å²) in [6, 6.07) is 2.61. The fourth-order valence-electron chi connectivity index (χ4n) is 4.18. The first-order chi connectivity index (χ1) is 14.1. The average molecular weight is 418 g/mol. The molecule has 1 fully saturated rings. The number of pyridine rings is 1. The summed E-state index contributed by atoms with van der Waals surface area (Å²) in [6.45, 7) is 3.83. The number of aromatic hydroxyl groups is 1. The molecule has 2 aromatic rings. The summed E-state index contributed by atoms with van der Waals surface area (Å²) >= 11 is 0. The maximum absolute atomic E-state index is 13.8. The molecule has 2 aliphatic heterocycles. The lowest BCUT2D eigenvalue weighted by Crippen LogP contribution is -2.46. The Morgan fingerprint density at radius 3 is 2.73 bits per heavy atom. The molecule has 0 bridgehead atoms. The molecule has 2 atom stereocenters. The molecule has 2 N–H and O–H groups in total. The number of nitrogens with zero attached hydrogens (tertiary/aromatic N) is 1. The van der Waals surface area contributed by atoms with Crippen LogP contribution in [0.1, 0.15) is 46.3 Å². The van der Waals surface area contributed by atoms with E-state index in [4.69, 9.17) is 4.74 Å². The van der Waals surface area contributed by atoms with Crippen LogP contribution >= 0.6 is 0 Å². The predicted octanol–water partition coefficient (Wildman–Crippen LogP) is 2.17. The lowest BCUT2D eigenvalue weighted by Gasteiger charge is -2.40. The Morgan fingerprint density at radius 2 is 2.03 bits per heavy atom. The SMILES string of the molecule is CC1(C)C(=O)c2c(O)c(=O)c(C(=O)NCc3ccc(F)cc3F)cn2[C@@H]2COC[C@@H]21. The number of ether oxygens (including phenoxy) is 1. The molecular weight excluding hydrogens is 398 g/mol. The Labute approximate surface area is 170 Å². The third-order valence-electron chi connectivity index (χ3n) is 6.04. The van der Waals surface area contributed by atoms with Gasteiger partial charge in [-0.3, -0.25) is 14.4 Å². The van der Waals surface area contributed by atoms with Gasteiger partial charge in [-0.25, -0.2) is 8.78 Å². The van der Waals surface area contributed by atoms with Gasteiger partial charge in [0.05, 0.1) is 19.3 Å². The number of carbonyl (C=O) groups is 2. The van der Waals surface area contributed by atoms with Crippen LogP contribution in [0, 0.1) is 23.0 Å². The fourth-order valence-corrected chi connectivity index (χ4v) is 4.18. The van der Waals surface area contributed by atoms with Crippen molar-refractivity contribution in [3.63, 3.8) is 0 Å². The van der Waals surface area contributed by atoms with Crippen LogP contribution < -0.4 is 10.7 Å². The van der Waals surface area contributed by atoms with E-state index in [-0.39, 0.29) is 41.9 Å². The summed E-state index contributed by atoms with van der Waals surface area (Å²) in [5, 5.41) is 12.9. The monoisotopic (exact) mass is 418 g/mol. The maximum atomic E-state index is 13.8. The van der Waals surface area contributed by atoms with E-state index < -0.39 is 39.9 Å². The maximum Gasteiger partial charge on any atom is 0.257 e. The van der Waals surface area contributed by atoms with E-state index in [9.17, 15) is 28.3 Å². The van der Waals surface area contributed by atoms with Gasteiger partial charge in [-0.1, -0.05) is 19.9 Å². The largest absolute Gasteiger partial charge is 0.503 e.